The molecular weight excluding hydrogens is 397 g/mol. The van der Waals surface area contributed by atoms with Gasteiger partial charge in [-0.15, -0.1) is 10.2 Å². The largest absolute Gasteiger partial charge is 0.479 e. The number of rotatable bonds is 6. The Morgan fingerprint density at radius 1 is 1.03 bits per heavy atom. The predicted octanol–water partition coefficient (Wildman–Crippen LogP) is 3.42. The topological polar surface area (TPSA) is 104 Å². The van der Waals surface area contributed by atoms with Crippen molar-refractivity contribution in [3.05, 3.63) is 78.1 Å². The molecule has 0 aliphatic heterocycles. The van der Waals surface area contributed by atoms with E-state index in [1.54, 1.807) is 44.6 Å². The summed E-state index contributed by atoms with van der Waals surface area (Å²) in [7, 11) is 1.57. The van der Waals surface area contributed by atoms with Crippen LogP contribution in [0.2, 0.25) is 0 Å². The van der Waals surface area contributed by atoms with Crippen LogP contribution >= 0.6 is 0 Å². The molecule has 0 saturated carbocycles. The number of hydrogen-bond donors (Lipinski definition) is 2. The fourth-order valence-corrected chi connectivity index (χ4v) is 3.15. The van der Waals surface area contributed by atoms with Crippen molar-refractivity contribution in [1.29, 1.82) is 0 Å². The van der Waals surface area contributed by atoms with E-state index in [9.17, 15) is 4.39 Å². The van der Waals surface area contributed by atoms with Crippen LogP contribution in [0.1, 0.15) is 18.2 Å². The molecule has 9 heteroatoms. The fraction of sp³-hybridized carbons (Fsp3) is 0.182. The molecule has 158 valence electrons. The van der Waals surface area contributed by atoms with Crippen LogP contribution in [0.15, 0.2) is 61.1 Å². The van der Waals surface area contributed by atoms with Crippen molar-refractivity contribution in [3.8, 4) is 23.0 Å². The van der Waals surface area contributed by atoms with Gasteiger partial charge in [-0.1, -0.05) is 12.1 Å². The van der Waals surface area contributed by atoms with Crippen molar-refractivity contribution in [2.45, 2.75) is 19.5 Å². The highest BCUT2D eigenvalue weighted by atomic mass is 19.1. The highest BCUT2D eigenvalue weighted by Gasteiger charge is 2.21. The average Bonchev–Trinajstić information content (AvgIpc) is 3.20. The summed E-state index contributed by atoms with van der Waals surface area (Å²) in [4.78, 5) is 8.79. The van der Waals surface area contributed by atoms with Gasteiger partial charge in [-0.05, 0) is 55.8 Å². The molecule has 0 unspecified atom stereocenters. The number of nitrogens with two attached hydrogens (primary N) is 1. The minimum absolute atomic E-state index is 0.319. The molecule has 0 bridgehead atoms. The van der Waals surface area contributed by atoms with Crippen molar-refractivity contribution >= 4 is 5.82 Å². The number of benzene rings is 1. The first-order valence-corrected chi connectivity index (χ1v) is 9.59. The molecule has 3 heterocycles. The minimum atomic E-state index is -0.948. The van der Waals surface area contributed by atoms with Crippen molar-refractivity contribution < 1.29 is 9.13 Å². The van der Waals surface area contributed by atoms with E-state index < -0.39 is 5.66 Å². The Bertz CT molecular complexity index is 1190. The van der Waals surface area contributed by atoms with Gasteiger partial charge in [0, 0.05) is 6.20 Å². The van der Waals surface area contributed by atoms with Gasteiger partial charge in [0.15, 0.2) is 0 Å². The summed E-state index contributed by atoms with van der Waals surface area (Å²) in [5, 5.41) is 11.6. The minimum Gasteiger partial charge on any atom is -0.479 e. The third kappa shape index (κ3) is 4.36. The van der Waals surface area contributed by atoms with Crippen molar-refractivity contribution in [3.63, 3.8) is 0 Å². The molecule has 8 nitrogen and oxygen atoms in total. The standard InChI is InChI=1S/C22H22FN7O/c1-14-12-30(13-25-14)19-10-8-17(26-21(19)31-3)18-9-11-20(29-28-18)27-22(2,24)15-4-6-16(23)7-5-15/h4-13H,24H2,1-3H3,(H,27,29)/t22-/m0/s1. The van der Waals surface area contributed by atoms with Gasteiger partial charge in [0.05, 0.1) is 24.8 Å². The van der Waals surface area contributed by atoms with Gasteiger partial charge in [-0.2, -0.15) is 0 Å². The molecule has 3 N–H and O–H groups in total. The number of aryl methyl sites for hydroxylation is 1. The number of anilines is 1. The summed E-state index contributed by atoms with van der Waals surface area (Å²) in [5.41, 5.74) is 8.98. The van der Waals surface area contributed by atoms with Gasteiger partial charge >= 0.3 is 0 Å². The zero-order valence-electron chi connectivity index (χ0n) is 17.4. The van der Waals surface area contributed by atoms with Crippen LogP contribution in [0.5, 0.6) is 5.88 Å². The zero-order chi connectivity index (χ0) is 22.0. The van der Waals surface area contributed by atoms with E-state index in [0.717, 1.165) is 16.9 Å². The Balaban J connectivity index is 1.56. The van der Waals surface area contributed by atoms with E-state index in [4.69, 9.17) is 10.5 Å². The quantitative estimate of drug-likeness (QED) is 0.462. The molecule has 4 rings (SSSR count). The molecule has 0 saturated heterocycles. The number of imidazole rings is 1. The zero-order valence-corrected chi connectivity index (χ0v) is 17.4. The first-order valence-electron chi connectivity index (χ1n) is 9.59. The first kappa shape index (κ1) is 20.4. The number of pyridine rings is 1. The number of methoxy groups -OCH3 is 1. The summed E-state index contributed by atoms with van der Waals surface area (Å²) in [6, 6.07) is 13.3. The highest BCUT2D eigenvalue weighted by Crippen LogP contribution is 2.26. The van der Waals surface area contributed by atoms with E-state index >= 15 is 0 Å². The molecule has 0 aliphatic rings. The maximum atomic E-state index is 13.2. The molecule has 4 aromatic rings. The number of hydrogen-bond acceptors (Lipinski definition) is 7. The van der Waals surface area contributed by atoms with Crippen LogP contribution in [0.25, 0.3) is 17.1 Å². The van der Waals surface area contributed by atoms with Crippen LogP contribution in [-0.4, -0.2) is 31.8 Å². The molecule has 31 heavy (non-hydrogen) atoms. The Morgan fingerprint density at radius 3 is 2.39 bits per heavy atom. The van der Waals surface area contributed by atoms with E-state index in [2.05, 4.69) is 25.5 Å². The number of ether oxygens (including phenoxy) is 1. The number of halogens is 1. The summed E-state index contributed by atoms with van der Waals surface area (Å²) >= 11 is 0. The van der Waals surface area contributed by atoms with Crippen molar-refractivity contribution in [2.75, 3.05) is 12.4 Å². The monoisotopic (exact) mass is 419 g/mol. The molecular formula is C22H22FN7O. The lowest BCUT2D eigenvalue weighted by Crippen LogP contribution is -2.41. The van der Waals surface area contributed by atoms with Gasteiger partial charge in [0.25, 0.3) is 0 Å². The lowest BCUT2D eigenvalue weighted by molar-refractivity contribution is 0.396. The van der Waals surface area contributed by atoms with E-state index in [1.807, 2.05) is 29.8 Å². The average molecular weight is 419 g/mol. The lowest BCUT2D eigenvalue weighted by atomic mass is 10.0. The lowest BCUT2D eigenvalue weighted by Gasteiger charge is -2.27. The third-order valence-electron chi connectivity index (χ3n) is 4.78. The van der Waals surface area contributed by atoms with Crippen LogP contribution in [-0.2, 0) is 5.66 Å². The molecule has 0 radical (unpaired) electrons. The van der Waals surface area contributed by atoms with Crippen molar-refractivity contribution in [2.24, 2.45) is 5.73 Å². The molecule has 3 aromatic heterocycles. The second-order valence-electron chi connectivity index (χ2n) is 7.29. The predicted molar refractivity (Wildman–Crippen MR) is 115 cm³/mol. The van der Waals surface area contributed by atoms with Crippen LogP contribution in [0, 0.1) is 12.7 Å². The summed E-state index contributed by atoms with van der Waals surface area (Å²) in [6.45, 7) is 3.69. The van der Waals surface area contributed by atoms with Crippen LogP contribution in [0.4, 0.5) is 10.2 Å². The van der Waals surface area contributed by atoms with Gasteiger partial charge in [-0.25, -0.2) is 14.4 Å². The number of nitrogens with zero attached hydrogens (tertiary/aromatic N) is 5. The van der Waals surface area contributed by atoms with E-state index in [0.29, 0.717) is 23.1 Å². The first-order chi connectivity index (χ1) is 14.9. The second kappa shape index (κ2) is 8.11. The molecule has 0 spiro atoms. The van der Waals surface area contributed by atoms with Crippen molar-refractivity contribution in [1.82, 2.24) is 24.7 Å². The third-order valence-corrected chi connectivity index (χ3v) is 4.78. The number of nitrogens with one attached hydrogen (secondary N) is 1. The molecule has 1 atom stereocenters. The Kier molecular flexibility index (Phi) is 5.35. The SMILES string of the molecule is COc1nc(-c2ccc(N[C@](C)(N)c3ccc(F)cc3)nn2)ccc1-n1cnc(C)c1. The Morgan fingerprint density at radius 2 is 1.77 bits per heavy atom. The summed E-state index contributed by atoms with van der Waals surface area (Å²) in [5.74, 6) is 0.612. The van der Waals surface area contributed by atoms with Gasteiger partial charge in [0.2, 0.25) is 5.88 Å². The molecule has 0 amide bonds. The molecule has 0 fully saturated rings. The van der Waals surface area contributed by atoms with Gasteiger partial charge in [0.1, 0.15) is 28.7 Å². The fourth-order valence-electron chi connectivity index (χ4n) is 3.15. The van der Waals surface area contributed by atoms with Crippen LogP contribution < -0.4 is 15.8 Å². The Hall–Kier alpha value is -3.85. The van der Waals surface area contributed by atoms with E-state index in [-0.39, 0.29) is 5.82 Å². The number of aromatic nitrogens is 5. The summed E-state index contributed by atoms with van der Waals surface area (Å²) < 4.78 is 20.5. The maximum absolute atomic E-state index is 13.2. The van der Waals surface area contributed by atoms with Gasteiger partial charge in [-0.3, -0.25) is 0 Å². The molecule has 0 aliphatic carbocycles. The Labute approximate surface area is 178 Å². The maximum Gasteiger partial charge on any atom is 0.238 e. The normalized spacial score (nSPS) is 12.9. The second-order valence-corrected chi connectivity index (χ2v) is 7.29. The van der Waals surface area contributed by atoms with Gasteiger partial charge < -0.3 is 20.4 Å². The van der Waals surface area contributed by atoms with E-state index in [1.165, 1.54) is 12.1 Å². The smallest absolute Gasteiger partial charge is 0.238 e. The highest BCUT2D eigenvalue weighted by molar-refractivity contribution is 5.59. The van der Waals surface area contributed by atoms with Crippen LogP contribution in [0.3, 0.4) is 0 Å². The molecule has 1 aromatic carbocycles. The summed E-state index contributed by atoms with van der Waals surface area (Å²) in [6.07, 6.45) is 3.60.